The Morgan fingerprint density at radius 2 is 2.22 bits per heavy atom. The molecule has 4 heteroatoms. The van der Waals surface area contributed by atoms with E-state index in [2.05, 4.69) is 36.4 Å². The summed E-state index contributed by atoms with van der Waals surface area (Å²) >= 11 is 1.74. The van der Waals surface area contributed by atoms with E-state index in [-0.39, 0.29) is 12.0 Å². The summed E-state index contributed by atoms with van der Waals surface area (Å²) in [7, 11) is 2.07. The van der Waals surface area contributed by atoms with Gasteiger partial charge in [-0.15, -0.1) is 11.3 Å². The molecule has 1 aromatic heterocycles. The van der Waals surface area contributed by atoms with Gasteiger partial charge in [-0.05, 0) is 38.3 Å². The minimum Gasteiger partial charge on any atom is -0.481 e. The maximum absolute atomic E-state index is 11.4. The van der Waals surface area contributed by atoms with Crippen molar-refractivity contribution in [3.8, 4) is 0 Å². The number of hydrogen-bond acceptors (Lipinski definition) is 3. The molecule has 100 valence electrons. The number of hydrogen-bond donors (Lipinski definition) is 1. The number of thiophene rings is 1. The zero-order valence-electron chi connectivity index (χ0n) is 11.0. The van der Waals surface area contributed by atoms with E-state index in [1.807, 2.05) is 0 Å². The maximum Gasteiger partial charge on any atom is 0.308 e. The van der Waals surface area contributed by atoms with Crippen LogP contribution in [0.2, 0.25) is 0 Å². The van der Waals surface area contributed by atoms with Crippen molar-refractivity contribution in [3.05, 3.63) is 22.4 Å². The first kappa shape index (κ1) is 13.6. The molecule has 0 spiro atoms. The molecule has 1 aromatic rings. The summed E-state index contributed by atoms with van der Waals surface area (Å²) < 4.78 is 0. The largest absolute Gasteiger partial charge is 0.481 e. The number of carboxylic acid groups (broad SMARTS) is 1. The van der Waals surface area contributed by atoms with Crippen LogP contribution in [0.1, 0.15) is 43.5 Å². The molecule has 0 amide bonds. The number of nitrogens with zero attached hydrogens (tertiary/aromatic N) is 1. The molecule has 0 aromatic carbocycles. The highest BCUT2D eigenvalue weighted by Crippen LogP contribution is 2.33. The molecule has 3 nitrogen and oxygen atoms in total. The van der Waals surface area contributed by atoms with E-state index in [4.69, 9.17) is 0 Å². The van der Waals surface area contributed by atoms with Crippen LogP contribution in [-0.4, -0.2) is 29.1 Å². The normalized spacial score (nSPS) is 26.2. The number of carboxylic acids is 1. The van der Waals surface area contributed by atoms with Gasteiger partial charge in [-0.1, -0.05) is 18.9 Å². The van der Waals surface area contributed by atoms with Crippen LogP contribution in [0, 0.1) is 5.92 Å². The van der Waals surface area contributed by atoms with Crippen molar-refractivity contribution in [1.82, 2.24) is 4.90 Å². The third kappa shape index (κ3) is 2.75. The molecule has 1 aliphatic rings. The Morgan fingerprint density at radius 3 is 2.83 bits per heavy atom. The van der Waals surface area contributed by atoms with Gasteiger partial charge in [0.05, 0.1) is 5.92 Å². The van der Waals surface area contributed by atoms with E-state index in [9.17, 15) is 9.90 Å². The lowest BCUT2D eigenvalue weighted by Crippen LogP contribution is -2.44. The highest BCUT2D eigenvalue weighted by atomic mass is 32.1. The van der Waals surface area contributed by atoms with Crippen molar-refractivity contribution in [1.29, 1.82) is 0 Å². The molecule has 1 N–H and O–H groups in total. The van der Waals surface area contributed by atoms with Crippen LogP contribution in [-0.2, 0) is 4.79 Å². The highest BCUT2D eigenvalue weighted by Gasteiger charge is 2.35. The van der Waals surface area contributed by atoms with Crippen LogP contribution in [0.25, 0.3) is 0 Å². The molecule has 0 saturated heterocycles. The fourth-order valence-electron chi connectivity index (χ4n) is 2.90. The minimum absolute atomic E-state index is 0.174. The standard InChI is InChI=1S/C14H21NO2S/c1-10(13-8-5-9-18-13)15(2)12-7-4-3-6-11(12)14(16)17/h5,8-12H,3-4,6-7H2,1-2H3,(H,16,17). The molecule has 1 aliphatic carbocycles. The minimum atomic E-state index is -0.634. The van der Waals surface area contributed by atoms with Crippen LogP contribution in [0.15, 0.2) is 17.5 Å². The van der Waals surface area contributed by atoms with Gasteiger partial charge in [0.25, 0.3) is 0 Å². The van der Waals surface area contributed by atoms with Gasteiger partial charge in [-0.25, -0.2) is 0 Å². The second-order valence-corrected chi connectivity index (χ2v) is 6.13. The van der Waals surface area contributed by atoms with Crippen molar-refractivity contribution >= 4 is 17.3 Å². The molecule has 18 heavy (non-hydrogen) atoms. The van der Waals surface area contributed by atoms with E-state index >= 15 is 0 Å². The molecule has 1 saturated carbocycles. The highest BCUT2D eigenvalue weighted by molar-refractivity contribution is 7.10. The predicted molar refractivity (Wildman–Crippen MR) is 73.9 cm³/mol. The summed E-state index contributed by atoms with van der Waals surface area (Å²) in [6, 6.07) is 4.66. The lowest BCUT2D eigenvalue weighted by Gasteiger charge is -2.38. The third-order valence-corrected chi connectivity index (χ3v) is 5.18. The Bertz CT molecular complexity index is 391. The fourth-order valence-corrected chi connectivity index (χ4v) is 3.74. The van der Waals surface area contributed by atoms with Gasteiger partial charge in [0, 0.05) is 17.0 Å². The lowest BCUT2D eigenvalue weighted by atomic mass is 9.83. The summed E-state index contributed by atoms with van der Waals surface area (Å²) in [4.78, 5) is 14.9. The van der Waals surface area contributed by atoms with E-state index < -0.39 is 5.97 Å². The Kier molecular flexibility index (Phi) is 4.40. The van der Waals surface area contributed by atoms with Crippen molar-refractivity contribution in [2.24, 2.45) is 5.92 Å². The fraction of sp³-hybridized carbons (Fsp3) is 0.643. The van der Waals surface area contributed by atoms with Gasteiger partial charge in [0.15, 0.2) is 0 Å². The SMILES string of the molecule is CC(c1cccs1)N(C)C1CCCCC1C(=O)O. The predicted octanol–water partition coefficient (Wildman–Crippen LogP) is 3.38. The average Bonchev–Trinajstić information content (AvgIpc) is 2.90. The summed E-state index contributed by atoms with van der Waals surface area (Å²) in [5.74, 6) is -0.837. The zero-order valence-corrected chi connectivity index (χ0v) is 11.8. The number of carbonyl (C=O) groups is 1. The molecule has 1 fully saturated rings. The van der Waals surface area contributed by atoms with Crippen molar-refractivity contribution < 1.29 is 9.90 Å². The Labute approximate surface area is 112 Å². The molecule has 3 unspecified atom stereocenters. The van der Waals surface area contributed by atoms with Gasteiger partial charge >= 0.3 is 5.97 Å². The number of aliphatic carboxylic acids is 1. The molecule has 2 rings (SSSR count). The first-order valence-electron chi connectivity index (χ1n) is 6.59. The van der Waals surface area contributed by atoms with Gasteiger partial charge < -0.3 is 5.11 Å². The smallest absolute Gasteiger partial charge is 0.308 e. The molecule has 0 radical (unpaired) electrons. The average molecular weight is 267 g/mol. The molecular weight excluding hydrogens is 246 g/mol. The first-order valence-corrected chi connectivity index (χ1v) is 7.47. The van der Waals surface area contributed by atoms with Crippen LogP contribution < -0.4 is 0 Å². The quantitative estimate of drug-likeness (QED) is 0.909. The van der Waals surface area contributed by atoms with Crippen LogP contribution in [0.4, 0.5) is 0 Å². The second kappa shape index (κ2) is 5.85. The topological polar surface area (TPSA) is 40.5 Å². The molecule has 1 heterocycles. The van der Waals surface area contributed by atoms with E-state index in [0.717, 1.165) is 25.7 Å². The molecule has 0 bridgehead atoms. The van der Waals surface area contributed by atoms with Crippen molar-refractivity contribution in [2.75, 3.05) is 7.05 Å². The summed E-state index contributed by atoms with van der Waals surface area (Å²) in [6.07, 6.45) is 4.02. The molecule has 0 aliphatic heterocycles. The third-order valence-electron chi connectivity index (χ3n) is 4.14. The maximum atomic E-state index is 11.4. The van der Waals surface area contributed by atoms with Gasteiger partial charge in [0.1, 0.15) is 0 Å². The Balaban J connectivity index is 2.10. The zero-order chi connectivity index (χ0) is 13.1. The lowest BCUT2D eigenvalue weighted by molar-refractivity contribution is -0.145. The van der Waals surface area contributed by atoms with E-state index in [1.165, 1.54) is 4.88 Å². The van der Waals surface area contributed by atoms with Crippen molar-refractivity contribution in [3.63, 3.8) is 0 Å². The Hall–Kier alpha value is -0.870. The van der Waals surface area contributed by atoms with Crippen LogP contribution in [0.3, 0.4) is 0 Å². The van der Waals surface area contributed by atoms with Gasteiger partial charge in [-0.2, -0.15) is 0 Å². The summed E-state index contributed by atoms with van der Waals surface area (Å²) in [6.45, 7) is 2.17. The summed E-state index contributed by atoms with van der Waals surface area (Å²) in [5, 5.41) is 11.4. The summed E-state index contributed by atoms with van der Waals surface area (Å²) in [5.41, 5.74) is 0. The van der Waals surface area contributed by atoms with Gasteiger partial charge in [0.2, 0.25) is 0 Å². The van der Waals surface area contributed by atoms with E-state index in [0.29, 0.717) is 6.04 Å². The van der Waals surface area contributed by atoms with Crippen molar-refractivity contribution in [2.45, 2.75) is 44.7 Å². The second-order valence-electron chi connectivity index (χ2n) is 5.15. The number of rotatable bonds is 4. The van der Waals surface area contributed by atoms with Crippen LogP contribution in [0.5, 0.6) is 0 Å². The van der Waals surface area contributed by atoms with Crippen LogP contribution >= 0.6 is 11.3 Å². The first-order chi connectivity index (χ1) is 8.61. The molecular formula is C14H21NO2S. The van der Waals surface area contributed by atoms with Gasteiger partial charge in [-0.3, -0.25) is 9.69 Å². The molecule has 3 atom stereocenters. The van der Waals surface area contributed by atoms with E-state index in [1.54, 1.807) is 11.3 Å². The Morgan fingerprint density at radius 1 is 1.50 bits per heavy atom. The monoisotopic (exact) mass is 267 g/mol.